The van der Waals surface area contributed by atoms with E-state index < -0.39 is 0 Å². The zero-order chi connectivity index (χ0) is 31.1. The highest BCUT2D eigenvalue weighted by Gasteiger charge is 2.50. The van der Waals surface area contributed by atoms with E-state index in [0.717, 1.165) is 11.1 Å². The molecule has 10 rings (SSSR count). The number of fused-ring (bicyclic) bond motifs is 8. The van der Waals surface area contributed by atoms with Gasteiger partial charge in [-0.3, -0.25) is 0 Å². The maximum atomic E-state index is 14.2. The van der Waals surface area contributed by atoms with Crippen molar-refractivity contribution in [2.45, 2.75) is 38.5 Å². The molecule has 4 aliphatic rings. The van der Waals surface area contributed by atoms with Gasteiger partial charge in [-0.2, -0.15) is 0 Å². The Hall–Kier alpha value is -5.09. The van der Waals surface area contributed by atoms with Crippen molar-refractivity contribution in [1.82, 2.24) is 0 Å². The Morgan fingerprint density at radius 1 is 0.478 bits per heavy atom. The third-order valence-corrected chi connectivity index (χ3v) is 11.3. The number of rotatable bonds is 1. The second-order valence-electron chi connectivity index (χ2n) is 14.3. The molecule has 0 bridgehead atoms. The van der Waals surface area contributed by atoms with Crippen LogP contribution in [-0.2, 0) is 10.8 Å². The highest BCUT2D eigenvalue weighted by atomic mass is 19.1. The number of anilines is 6. The maximum absolute atomic E-state index is 14.2. The van der Waals surface area contributed by atoms with Crippen molar-refractivity contribution in [2.24, 2.45) is 0 Å². The summed E-state index contributed by atoms with van der Waals surface area (Å²) in [6, 6.07) is 43.3. The monoisotopic (exact) mass is 594 g/mol. The second kappa shape index (κ2) is 8.58. The van der Waals surface area contributed by atoms with Crippen LogP contribution in [0, 0.1) is 5.82 Å². The van der Waals surface area contributed by atoms with E-state index in [9.17, 15) is 4.39 Å². The van der Waals surface area contributed by atoms with E-state index in [1.807, 2.05) is 12.1 Å². The number of benzene rings is 6. The van der Waals surface area contributed by atoms with Gasteiger partial charge in [-0.15, -0.1) is 0 Å². The lowest BCUT2D eigenvalue weighted by atomic mass is 9.32. The van der Waals surface area contributed by atoms with Crippen molar-refractivity contribution < 1.29 is 4.39 Å². The first-order valence-electron chi connectivity index (χ1n) is 16.3. The lowest BCUT2D eigenvalue weighted by Crippen LogP contribution is -2.63. The molecule has 4 heterocycles. The molecule has 0 atom stereocenters. The van der Waals surface area contributed by atoms with Crippen LogP contribution in [0.3, 0.4) is 0 Å². The topological polar surface area (TPSA) is 6.48 Å². The summed E-state index contributed by atoms with van der Waals surface area (Å²) < 4.78 is 14.2. The summed E-state index contributed by atoms with van der Waals surface area (Å²) in [5.74, 6) is -0.223. The quantitative estimate of drug-likeness (QED) is 0.175. The third-order valence-electron chi connectivity index (χ3n) is 11.3. The molecule has 0 saturated carbocycles. The third kappa shape index (κ3) is 3.07. The molecule has 0 N–H and O–H groups in total. The van der Waals surface area contributed by atoms with Gasteiger partial charge in [0, 0.05) is 33.6 Å². The molecular weight excluding hydrogens is 562 g/mol. The summed E-state index contributed by atoms with van der Waals surface area (Å²) in [4.78, 5) is 5.06. The fraction of sp³-hybridized carbons (Fsp3) is 0.143. The van der Waals surface area contributed by atoms with Gasteiger partial charge in [0.1, 0.15) is 5.82 Å². The van der Waals surface area contributed by atoms with Crippen molar-refractivity contribution in [3.63, 3.8) is 0 Å². The molecule has 0 aliphatic carbocycles. The van der Waals surface area contributed by atoms with Gasteiger partial charge in [0.05, 0.1) is 11.4 Å². The normalized spacial score (nSPS) is 16.6. The fourth-order valence-electron chi connectivity index (χ4n) is 9.10. The van der Waals surface area contributed by atoms with Gasteiger partial charge < -0.3 is 9.80 Å². The minimum absolute atomic E-state index is 0.0757. The molecule has 4 heteroatoms. The van der Waals surface area contributed by atoms with Gasteiger partial charge >= 0.3 is 0 Å². The lowest BCUT2D eigenvalue weighted by molar-refractivity contribution is 0.628. The van der Waals surface area contributed by atoms with Gasteiger partial charge in [-0.25, -0.2) is 4.39 Å². The van der Waals surface area contributed by atoms with Crippen LogP contribution in [0.1, 0.15) is 49.9 Å². The second-order valence-corrected chi connectivity index (χ2v) is 14.3. The van der Waals surface area contributed by atoms with Gasteiger partial charge in [0.15, 0.2) is 0 Å². The van der Waals surface area contributed by atoms with Gasteiger partial charge in [0.25, 0.3) is 6.71 Å². The molecule has 6 aromatic rings. The average Bonchev–Trinajstić information content (AvgIpc) is 3.07. The molecular formula is C42H32BFN2. The SMILES string of the molecule is CC1(C)c2ccccc2N2c3cc(-c4ccc(F)cc4)cc4c3B(c3cccc1c32)c1cccc2c1N4c1ccccc1C2(C)C. The van der Waals surface area contributed by atoms with Crippen LogP contribution in [0.4, 0.5) is 38.5 Å². The molecule has 0 spiro atoms. The molecule has 0 amide bonds. The van der Waals surface area contributed by atoms with Crippen LogP contribution in [-0.4, -0.2) is 6.71 Å². The van der Waals surface area contributed by atoms with Crippen molar-refractivity contribution in [3.05, 3.63) is 149 Å². The van der Waals surface area contributed by atoms with E-state index in [-0.39, 0.29) is 23.4 Å². The minimum Gasteiger partial charge on any atom is -0.311 e. The summed E-state index contributed by atoms with van der Waals surface area (Å²) in [5, 5.41) is 0. The molecule has 6 aromatic carbocycles. The predicted molar refractivity (Wildman–Crippen MR) is 190 cm³/mol. The predicted octanol–water partition coefficient (Wildman–Crippen LogP) is 8.85. The van der Waals surface area contributed by atoms with E-state index in [4.69, 9.17) is 0 Å². The molecule has 0 radical (unpaired) electrons. The molecule has 0 saturated heterocycles. The molecule has 2 nitrogen and oxygen atoms in total. The summed E-state index contributed by atoms with van der Waals surface area (Å²) in [6.45, 7) is 9.52. The Kier molecular flexibility index (Phi) is 4.88. The Balaban J connectivity index is 1.39. The minimum atomic E-state index is -0.223. The van der Waals surface area contributed by atoms with Crippen LogP contribution in [0.15, 0.2) is 121 Å². The van der Waals surface area contributed by atoms with Crippen LogP contribution in [0.5, 0.6) is 0 Å². The highest BCUT2D eigenvalue weighted by Crippen LogP contribution is 2.57. The standard InChI is InChI=1S/C42H32BFN2/c1-41(2)28-11-5-7-17-34(28)45-36-23-26(25-19-21-27(44)22-20-25)24-37-38(36)43(32-15-9-13-30(41)39(32)45)33-16-10-14-31-40(33)46(37)35-18-8-6-12-29(35)42(31,3)4/h5-24H,1-4H3. The van der Waals surface area contributed by atoms with Crippen molar-refractivity contribution in [3.8, 4) is 11.1 Å². The van der Waals surface area contributed by atoms with E-state index in [2.05, 4.69) is 135 Å². The Morgan fingerprint density at radius 2 is 0.935 bits per heavy atom. The number of hydrogen-bond donors (Lipinski definition) is 0. The average molecular weight is 595 g/mol. The van der Waals surface area contributed by atoms with Crippen LogP contribution >= 0.6 is 0 Å². The Labute approximate surface area is 269 Å². The summed E-state index contributed by atoms with van der Waals surface area (Å²) in [7, 11) is 0. The van der Waals surface area contributed by atoms with Crippen molar-refractivity contribution in [1.29, 1.82) is 0 Å². The van der Waals surface area contributed by atoms with Crippen molar-refractivity contribution >= 4 is 57.2 Å². The first kappa shape index (κ1) is 26.2. The largest absolute Gasteiger partial charge is 0.311 e. The van der Waals surface area contributed by atoms with Crippen LogP contribution in [0.25, 0.3) is 11.1 Å². The van der Waals surface area contributed by atoms with Gasteiger partial charge in [-0.05, 0) is 86.2 Å². The molecule has 4 aliphatic heterocycles. The Morgan fingerprint density at radius 3 is 1.43 bits per heavy atom. The van der Waals surface area contributed by atoms with E-state index in [0.29, 0.717) is 0 Å². The smallest absolute Gasteiger partial charge is 0.252 e. The van der Waals surface area contributed by atoms with Crippen molar-refractivity contribution in [2.75, 3.05) is 9.80 Å². The first-order chi connectivity index (χ1) is 22.3. The van der Waals surface area contributed by atoms with E-state index >= 15 is 0 Å². The van der Waals surface area contributed by atoms with Gasteiger partial charge in [-0.1, -0.05) is 113 Å². The molecule has 0 unspecified atom stereocenters. The Bertz CT molecular complexity index is 2160. The summed E-state index contributed by atoms with van der Waals surface area (Å²) in [6.07, 6.45) is 0. The van der Waals surface area contributed by atoms with Crippen LogP contribution in [0.2, 0.25) is 0 Å². The number of para-hydroxylation sites is 4. The first-order valence-corrected chi connectivity index (χ1v) is 16.3. The van der Waals surface area contributed by atoms with E-state index in [1.165, 1.54) is 72.8 Å². The fourth-order valence-corrected chi connectivity index (χ4v) is 9.10. The van der Waals surface area contributed by atoms with Crippen LogP contribution < -0.4 is 26.2 Å². The highest BCUT2D eigenvalue weighted by molar-refractivity contribution is 7.00. The zero-order valence-electron chi connectivity index (χ0n) is 26.4. The summed E-state index contributed by atoms with van der Waals surface area (Å²) in [5.41, 5.74) is 18.6. The molecule has 46 heavy (non-hydrogen) atoms. The lowest BCUT2D eigenvalue weighted by Gasteiger charge is -2.52. The molecule has 0 fully saturated rings. The van der Waals surface area contributed by atoms with Gasteiger partial charge in [0.2, 0.25) is 0 Å². The maximum Gasteiger partial charge on any atom is 0.252 e. The number of hydrogen-bond acceptors (Lipinski definition) is 2. The molecule has 0 aromatic heterocycles. The number of nitrogens with zero attached hydrogens (tertiary/aromatic N) is 2. The molecule has 220 valence electrons. The van der Waals surface area contributed by atoms with E-state index in [1.54, 1.807) is 12.1 Å². The summed E-state index contributed by atoms with van der Waals surface area (Å²) >= 11 is 0. The number of halogens is 1. The zero-order valence-corrected chi connectivity index (χ0v) is 26.4.